The Labute approximate surface area is 217 Å². The normalized spacial score (nSPS) is 20.6. The van der Waals surface area contributed by atoms with Gasteiger partial charge in [-0.1, -0.05) is 19.1 Å². The smallest absolute Gasteiger partial charge is 0.475 e. The van der Waals surface area contributed by atoms with E-state index in [0.717, 1.165) is 55.0 Å². The maximum atomic E-state index is 12.3. The lowest BCUT2D eigenvalue weighted by Crippen LogP contribution is -2.52. The maximum absolute atomic E-state index is 12.3. The van der Waals surface area contributed by atoms with Gasteiger partial charge in [0.15, 0.2) is 6.23 Å². The number of ether oxygens (including phenoxy) is 2. The molecule has 196 valence electrons. The van der Waals surface area contributed by atoms with Gasteiger partial charge in [-0.2, -0.15) is 0 Å². The van der Waals surface area contributed by atoms with E-state index in [4.69, 9.17) is 14.1 Å². The molecule has 2 unspecified atom stereocenters. The van der Waals surface area contributed by atoms with E-state index in [-0.39, 0.29) is 18.2 Å². The van der Waals surface area contributed by atoms with E-state index in [9.17, 15) is 14.6 Å². The van der Waals surface area contributed by atoms with Gasteiger partial charge in [0, 0.05) is 49.9 Å². The third kappa shape index (κ3) is 5.53. The van der Waals surface area contributed by atoms with Crippen LogP contribution in [0.5, 0.6) is 5.75 Å². The van der Waals surface area contributed by atoms with Gasteiger partial charge in [0.1, 0.15) is 11.9 Å². The van der Waals surface area contributed by atoms with Gasteiger partial charge in [-0.15, -0.1) is 0 Å². The highest BCUT2D eigenvalue weighted by atomic mass is 16.6. The average Bonchev–Trinajstić information content (AvgIpc) is 3.49. The molecule has 37 heavy (non-hydrogen) atoms. The predicted molar refractivity (Wildman–Crippen MR) is 140 cm³/mol. The number of benzene rings is 2. The maximum Gasteiger partial charge on any atom is 0.495 e. The third-order valence-electron chi connectivity index (χ3n) is 7.11. The zero-order valence-corrected chi connectivity index (χ0v) is 21.3. The Bertz CT molecular complexity index is 1120. The van der Waals surface area contributed by atoms with Crippen molar-refractivity contribution in [1.29, 1.82) is 0 Å². The Balaban J connectivity index is 1.16. The summed E-state index contributed by atoms with van der Waals surface area (Å²) in [6.45, 7) is 8.05. The van der Waals surface area contributed by atoms with Crippen LogP contribution in [0, 0.1) is 0 Å². The highest BCUT2D eigenvalue weighted by Crippen LogP contribution is 2.27. The number of amides is 2. The van der Waals surface area contributed by atoms with E-state index in [1.54, 1.807) is 4.90 Å². The summed E-state index contributed by atoms with van der Waals surface area (Å²) in [6, 6.07) is 13.7. The number of rotatable bonds is 8. The van der Waals surface area contributed by atoms with Gasteiger partial charge in [-0.3, -0.25) is 14.6 Å². The lowest BCUT2D eigenvalue weighted by molar-refractivity contribution is -0.119. The van der Waals surface area contributed by atoms with Crippen molar-refractivity contribution < 1.29 is 28.7 Å². The van der Waals surface area contributed by atoms with Crippen molar-refractivity contribution >= 4 is 36.0 Å². The first-order chi connectivity index (χ1) is 17.9. The molecule has 0 bridgehead atoms. The van der Waals surface area contributed by atoms with E-state index in [0.29, 0.717) is 25.4 Å². The molecule has 2 N–H and O–H groups in total. The standard InChI is InChI=1S/C26H33BN4O6/c1-3-24(37-23-6-4-5-19-17-35-27(34)25(19)23)30-13-11-29(12-14-30)20-7-9-21(10-8-20)31-16-22(36-26(31)33)15-28-18(2)32/h4-10,22,24,34H,3,11-17H2,1-2H3,(H,28,32). The fourth-order valence-corrected chi connectivity index (χ4v) is 5.12. The van der Waals surface area contributed by atoms with Gasteiger partial charge in [-0.25, -0.2) is 4.79 Å². The second-order valence-electron chi connectivity index (χ2n) is 9.57. The van der Waals surface area contributed by atoms with Crippen LogP contribution in [0.1, 0.15) is 25.8 Å². The molecular weight excluding hydrogens is 475 g/mol. The minimum Gasteiger partial charge on any atom is -0.475 e. The monoisotopic (exact) mass is 508 g/mol. The largest absolute Gasteiger partial charge is 0.495 e. The first kappa shape index (κ1) is 25.4. The molecule has 2 aromatic rings. The van der Waals surface area contributed by atoms with Crippen molar-refractivity contribution in [3.05, 3.63) is 48.0 Å². The Morgan fingerprint density at radius 3 is 2.59 bits per heavy atom. The molecule has 2 saturated heterocycles. The summed E-state index contributed by atoms with van der Waals surface area (Å²) in [5, 5.41) is 12.9. The van der Waals surface area contributed by atoms with Crippen LogP contribution in [-0.4, -0.2) is 80.6 Å². The minimum atomic E-state index is -0.936. The SMILES string of the molecule is CCC(Oc1cccc2c1B(O)OC2)N1CCN(c2ccc(N3CC(CNC(C)=O)OC3=O)cc2)CC1. The topological polar surface area (TPSA) is 104 Å². The molecule has 3 aliphatic heterocycles. The van der Waals surface area contributed by atoms with Crippen LogP contribution in [0.15, 0.2) is 42.5 Å². The molecule has 0 radical (unpaired) electrons. The fourth-order valence-electron chi connectivity index (χ4n) is 5.12. The summed E-state index contributed by atoms with van der Waals surface area (Å²) in [6.07, 6.45) is -0.0176. The third-order valence-corrected chi connectivity index (χ3v) is 7.11. The molecule has 0 aromatic heterocycles. The predicted octanol–water partition coefficient (Wildman–Crippen LogP) is 1.30. The van der Waals surface area contributed by atoms with E-state index >= 15 is 0 Å². The molecule has 2 atom stereocenters. The van der Waals surface area contributed by atoms with Crippen molar-refractivity contribution in [1.82, 2.24) is 10.2 Å². The zero-order chi connectivity index (χ0) is 25.9. The van der Waals surface area contributed by atoms with Crippen LogP contribution < -0.4 is 25.3 Å². The molecule has 11 heteroatoms. The number of piperazine rings is 1. The van der Waals surface area contributed by atoms with E-state index in [1.807, 2.05) is 42.5 Å². The number of nitrogens with zero attached hydrogens (tertiary/aromatic N) is 3. The average molecular weight is 508 g/mol. The molecule has 3 heterocycles. The van der Waals surface area contributed by atoms with Gasteiger partial charge in [0.25, 0.3) is 0 Å². The summed E-state index contributed by atoms with van der Waals surface area (Å²) >= 11 is 0. The highest BCUT2D eigenvalue weighted by Gasteiger charge is 2.34. The van der Waals surface area contributed by atoms with E-state index in [1.165, 1.54) is 6.92 Å². The Hall–Kier alpha value is -3.28. The van der Waals surface area contributed by atoms with Crippen molar-refractivity contribution in [2.24, 2.45) is 0 Å². The van der Waals surface area contributed by atoms with Crippen LogP contribution in [0.4, 0.5) is 16.2 Å². The number of anilines is 2. The number of cyclic esters (lactones) is 1. The van der Waals surface area contributed by atoms with Crippen molar-refractivity contribution in [2.75, 3.05) is 49.1 Å². The molecule has 10 nitrogen and oxygen atoms in total. The molecule has 2 amide bonds. The Kier molecular flexibility index (Phi) is 7.54. The molecule has 2 fully saturated rings. The second-order valence-corrected chi connectivity index (χ2v) is 9.57. The lowest BCUT2D eigenvalue weighted by atomic mass is 9.79. The second kappa shape index (κ2) is 11.0. The summed E-state index contributed by atoms with van der Waals surface area (Å²) in [4.78, 5) is 29.7. The fraction of sp³-hybridized carbons (Fsp3) is 0.462. The summed E-state index contributed by atoms with van der Waals surface area (Å²) in [5.41, 5.74) is 3.58. The van der Waals surface area contributed by atoms with Crippen LogP contribution >= 0.6 is 0 Å². The van der Waals surface area contributed by atoms with Gasteiger partial charge < -0.3 is 29.4 Å². The number of nitrogens with one attached hydrogen (secondary N) is 1. The van der Waals surface area contributed by atoms with Crippen molar-refractivity contribution in [3.8, 4) is 5.75 Å². The molecule has 0 aliphatic carbocycles. The molecule has 0 spiro atoms. The van der Waals surface area contributed by atoms with Crippen LogP contribution in [0.2, 0.25) is 0 Å². The quantitative estimate of drug-likeness (QED) is 0.515. The van der Waals surface area contributed by atoms with Gasteiger partial charge in [0.05, 0.1) is 19.7 Å². The van der Waals surface area contributed by atoms with Crippen LogP contribution in [-0.2, 0) is 20.8 Å². The minimum absolute atomic E-state index is 0.0876. The number of carbonyl (C=O) groups is 2. The number of carbonyl (C=O) groups excluding carboxylic acids is 2. The molecule has 2 aromatic carbocycles. The lowest BCUT2D eigenvalue weighted by Gasteiger charge is -2.40. The first-order valence-corrected chi connectivity index (χ1v) is 12.8. The number of hydrogen-bond acceptors (Lipinski definition) is 8. The van der Waals surface area contributed by atoms with Gasteiger partial charge in [-0.05, 0) is 42.3 Å². The zero-order valence-electron chi connectivity index (χ0n) is 21.3. The van der Waals surface area contributed by atoms with Gasteiger partial charge in [0.2, 0.25) is 5.91 Å². The van der Waals surface area contributed by atoms with Crippen molar-refractivity contribution in [3.63, 3.8) is 0 Å². The molecule has 0 saturated carbocycles. The number of hydrogen-bond donors (Lipinski definition) is 2. The van der Waals surface area contributed by atoms with Crippen molar-refractivity contribution in [2.45, 2.75) is 39.2 Å². The molecule has 3 aliphatic rings. The van der Waals surface area contributed by atoms with Gasteiger partial charge >= 0.3 is 13.2 Å². The highest BCUT2D eigenvalue weighted by molar-refractivity contribution is 6.62. The van der Waals surface area contributed by atoms with Crippen LogP contribution in [0.25, 0.3) is 0 Å². The first-order valence-electron chi connectivity index (χ1n) is 12.8. The Morgan fingerprint density at radius 2 is 1.89 bits per heavy atom. The number of fused-ring (bicyclic) bond motifs is 1. The molecular formula is C26H33BN4O6. The summed E-state index contributed by atoms with van der Waals surface area (Å²) in [7, 11) is -0.936. The summed E-state index contributed by atoms with van der Waals surface area (Å²) in [5.74, 6) is 0.542. The van der Waals surface area contributed by atoms with E-state index in [2.05, 4.69) is 22.0 Å². The Morgan fingerprint density at radius 1 is 1.16 bits per heavy atom. The van der Waals surface area contributed by atoms with Crippen LogP contribution in [0.3, 0.4) is 0 Å². The molecule has 5 rings (SSSR count). The van der Waals surface area contributed by atoms with E-state index < -0.39 is 13.2 Å². The summed E-state index contributed by atoms with van der Waals surface area (Å²) < 4.78 is 17.1.